The maximum atomic E-state index is 11.0. The molecular weight excluding hydrogens is 232 g/mol. The number of hydrogen-bond acceptors (Lipinski definition) is 2. The van der Waals surface area contributed by atoms with Crippen molar-refractivity contribution in [3.05, 3.63) is 44.7 Å². The zero-order valence-corrected chi connectivity index (χ0v) is 8.59. The van der Waals surface area contributed by atoms with E-state index in [0.29, 0.717) is 5.58 Å². The van der Waals surface area contributed by atoms with Gasteiger partial charge in [0.15, 0.2) is 0 Å². The first-order chi connectivity index (χ1) is 6.16. The van der Waals surface area contributed by atoms with Gasteiger partial charge in [-0.25, -0.2) is 4.79 Å². The van der Waals surface area contributed by atoms with Gasteiger partial charge in [0.25, 0.3) is 0 Å². The Balaban J connectivity index is 2.94. The normalized spacial score (nSPS) is 10.6. The van der Waals surface area contributed by atoms with Gasteiger partial charge in [0.05, 0.1) is 0 Å². The van der Waals surface area contributed by atoms with Crippen molar-refractivity contribution < 1.29 is 4.42 Å². The van der Waals surface area contributed by atoms with Crippen LogP contribution in [0.1, 0.15) is 5.56 Å². The first-order valence-electron chi connectivity index (χ1n) is 3.87. The number of benzene rings is 1. The van der Waals surface area contributed by atoms with Crippen LogP contribution in [0.3, 0.4) is 0 Å². The third-order valence-electron chi connectivity index (χ3n) is 1.85. The molecule has 0 saturated heterocycles. The van der Waals surface area contributed by atoms with E-state index in [4.69, 9.17) is 4.42 Å². The standard InChI is InChI=1S/C10H7BrO2/c1-6-2-3-7-8(11)5-10(12)13-9(7)4-6/h2-5H,1H3. The van der Waals surface area contributed by atoms with E-state index in [1.165, 1.54) is 6.07 Å². The summed E-state index contributed by atoms with van der Waals surface area (Å²) in [5.74, 6) is 0. The number of halogens is 1. The molecule has 0 N–H and O–H groups in total. The lowest BCUT2D eigenvalue weighted by molar-refractivity contribution is 0.560. The van der Waals surface area contributed by atoms with Crippen LogP contribution >= 0.6 is 15.9 Å². The molecule has 13 heavy (non-hydrogen) atoms. The maximum absolute atomic E-state index is 11.0. The molecule has 3 heteroatoms. The smallest absolute Gasteiger partial charge is 0.337 e. The molecule has 1 aromatic carbocycles. The Morgan fingerprint density at radius 3 is 2.85 bits per heavy atom. The molecule has 0 fully saturated rings. The number of rotatable bonds is 0. The topological polar surface area (TPSA) is 30.2 Å². The minimum Gasteiger partial charge on any atom is -0.423 e. The first-order valence-corrected chi connectivity index (χ1v) is 4.66. The lowest BCUT2D eigenvalue weighted by Crippen LogP contribution is -1.95. The van der Waals surface area contributed by atoms with Gasteiger partial charge in [-0.1, -0.05) is 6.07 Å². The fourth-order valence-corrected chi connectivity index (χ4v) is 1.74. The van der Waals surface area contributed by atoms with E-state index in [9.17, 15) is 4.79 Å². The molecule has 0 unspecified atom stereocenters. The molecule has 0 amide bonds. The van der Waals surface area contributed by atoms with Gasteiger partial charge in [0.1, 0.15) is 5.58 Å². The molecule has 0 radical (unpaired) electrons. The molecule has 0 saturated carbocycles. The van der Waals surface area contributed by atoms with Crippen molar-refractivity contribution in [2.24, 2.45) is 0 Å². The summed E-state index contributed by atoms with van der Waals surface area (Å²) in [6.45, 7) is 1.96. The third-order valence-corrected chi connectivity index (χ3v) is 2.51. The van der Waals surface area contributed by atoms with Crippen molar-refractivity contribution in [2.45, 2.75) is 6.92 Å². The van der Waals surface area contributed by atoms with E-state index in [1.807, 2.05) is 25.1 Å². The first kappa shape index (κ1) is 8.51. The van der Waals surface area contributed by atoms with Crippen LogP contribution in [-0.4, -0.2) is 0 Å². The second-order valence-corrected chi connectivity index (χ2v) is 3.77. The highest BCUT2D eigenvalue weighted by molar-refractivity contribution is 9.10. The average Bonchev–Trinajstić information content (AvgIpc) is 2.02. The zero-order valence-electron chi connectivity index (χ0n) is 7.00. The Kier molecular flexibility index (Phi) is 1.96. The highest BCUT2D eigenvalue weighted by atomic mass is 79.9. The molecule has 0 bridgehead atoms. The zero-order chi connectivity index (χ0) is 9.42. The van der Waals surface area contributed by atoms with Crippen molar-refractivity contribution in [1.82, 2.24) is 0 Å². The van der Waals surface area contributed by atoms with E-state index in [2.05, 4.69) is 15.9 Å². The number of aryl methyl sites for hydroxylation is 1. The second-order valence-electron chi connectivity index (χ2n) is 2.91. The summed E-state index contributed by atoms with van der Waals surface area (Å²) in [5, 5.41) is 0.921. The van der Waals surface area contributed by atoms with Crippen molar-refractivity contribution >= 4 is 26.9 Å². The summed E-state index contributed by atoms with van der Waals surface area (Å²) < 4.78 is 5.81. The molecule has 0 atom stereocenters. The Morgan fingerprint density at radius 1 is 1.31 bits per heavy atom. The van der Waals surface area contributed by atoms with E-state index < -0.39 is 0 Å². The van der Waals surface area contributed by atoms with Gasteiger partial charge in [-0.3, -0.25) is 0 Å². The predicted molar refractivity (Wildman–Crippen MR) is 54.9 cm³/mol. The van der Waals surface area contributed by atoms with Gasteiger partial charge in [0.2, 0.25) is 0 Å². The quantitative estimate of drug-likeness (QED) is 0.661. The predicted octanol–water partition coefficient (Wildman–Crippen LogP) is 2.86. The van der Waals surface area contributed by atoms with Crippen molar-refractivity contribution in [3.8, 4) is 0 Å². The molecule has 0 spiro atoms. The number of fused-ring (bicyclic) bond motifs is 1. The highest BCUT2D eigenvalue weighted by Crippen LogP contribution is 2.22. The summed E-state index contributed by atoms with van der Waals surface area (Å²) in [7, 11) is 0. The summed E-state index contributed by atoms with van der Waals surface area (Å²) in [6, 6.07) is 7.18. The van der Waals surface area contributed by atoms with Crippen LogP contribution in [0.25, 0.3) is 11.0 Å². The van der Waals surface area contributed by atoms with Gasteiger partial charge in [0, 0.05) is 15.9 Å². The van der Waals surface area contributed by atoms with Crippen molar-refractivity contribution in [1.29, 1.82) is 0 Å². The van der Waals surface area contributed by atoms with Crippen LogP contribution in [0.15, 0.2) is 37.9 Å². The minimum atomic E-state index is -0.329. The van der Waals surface area contributed by atoms with Crippen LogP contribution in [0.4, 0.5) is 0 Å². The Morgan fingerprint density at radius 2 is 2.08 bits per heavy atom. The Labute approximate surface area is 83.3 Å². The SMILES string of the molecule is Cc1ccc2c(Br)cc(=O)oc2c1. The van der Waals surface area contributed by atoms with E-state index >= 15 is 0 Å². The van der Waals surface area contributed by atoms with Crippen LogP contribution in [-0.2, 0) is 0 Å². The van der Waals surface area contributed by atoms with Crippen LogP contribution in [0, 0.1) is 6.92 Å². The van der Waals surface area contributed by atoms with Gasteiger partial charge in [-0.2, -0.15) is 0 Å². The summed E-state index contributed by atoms with van der Waals surface area (Å²) >= 11 is 3.31. The molecule has 2 nitrogen and oxygen atoms in total. The van der Waals surface area contributed by atoms with Crippen LogP contribution in [0.2, 0.25) is 0 Å². The van der Waals surface area contributed by atoms with E-state index in [1.54, 1.807) is 0 Å². The van der Waals surface area contributed by atoms with Crippen LogP contribution in [0.5, 0.6) is 0 Å². The lowest BCUT2D eigenvalue weighted by atomic mass is 10.2. The van der Waals surface area contributed by atoms with Gasteiger partial charge in [-0.15, -0.1) is 0 Å². The second kappa shape index (κ2) is 3.00. The van der Waals surface area contributed by atoms with Gasteiger partial charge in [-0.05, 0) is 40.5 Å². The maximum Gasteiger partial charge on any atom is 0.337 e. The fourth-order valence-electron chi connectivity index (χ4n) is 1.23. The van der Waals surface area contributed by atoms with Gasteiger partial charge >= 0.3 is 5.63 Å². The Bertz CT molecular complexity index is 514. The van der Waals surface area contributed by atoms with E-state index in [-0.39, 0.29) is 5.63 Å². The molecule has 66 valence electrons. The van der Waals surface area contributed by atoms with Crippen molar-refractivity contribution in [2.75, 3.05) is 0 Å². The molecule has 0 aliphatic heterocycles. The summed E-state index contributed by atoms with van der Waals surface area (Å²) in [5.41, 5.74) is 1.37. The van der Waals surface area contributed by atoms with Gasteiger partial charge < -0.3 is 4.42 Å². The molecule has 1 heterocycles. The molecule has 2 rings (SSSR count). The Hall–Kier alpha value is -1.09. The minimum absolute atomic E-state index is 0.329. The monoisotopic (exact) mass is 238 g/mol. The molecule has 1 aromatic heterocycles. The number of hydrogen-bond donors (Lipinski definition) is 0. The molecule has 0 aliphatic carbocycles. The average molecular weight is 239 g/mol. The molecule has 2 aromatic rings. The molecular formula is C10H7BrO2. The van der Waals surface area contributed by atoms with Crippen LogP contribution < -0.4 is 5.63 Å². The largest absolute Gasteiger partial charge is 0.423 e. The van der Waals surface area contributed by atoms with E-state index in [0.717, 1.165) is 15.4 Å². The fraction of sp³-hybridized carbons (Fsp3) is 0.100. The third kappa shape index (κ3) is 1.52. The lowest BCUT2D eigenvalue weighted by Gasteiger charge is -1.99. The summed E-state index contributed by atoms with van der Waals surface area (Å²) in [6.07, 6.45) is 0. The highest BCUT2D eigenvalue weighted by Gasteiger charge is 2.01. The van der Waals surface area contributed by atoms with Crippen molar-refractivity contribution in [3.63, 3.8) is 0 Å². The summed E-state index contributed by atoms with van der Waals surface area (Å²) in [4.78, 5) is 11.0. The molecule has 0 aliphatic rings.